The number of imidazole rings is 1. The van der Waals surface area contributed by atoms with E-state index in [1.54, 1.807) is 6.92 Å². The van der Waals surface area contributed by atoms with Crippen LogP contribution in [0.3, 0.4) is 0 Å². The number of anilines is 1. The second-order valence-electron chi connectivity index (χ2n) is 11.0. The molecule has 0 atom stereocenters. The Hall–Kier alpha value is -3.35. The van der Waals surface area contributed by atoms with Crippen LogP contribution in [0.2, 0.25) is 0 Å². The lowest BCUT2D eigenvalue weighted by molar-refractivity contribution is -0.161. The van der Waals surface area contributed by atoms with Gasteiger partial charge in [0.2, 0.25) is 0 Å². The molecule has 36 heavy (non-hydrogen) atoms. The number of rotatable bonds is 7. The van der Waals surface area contributed by atoms with E-state index in [0.29, 0.717) is 41.6 Å². The Kier molecular flexibility index (Phi) is 5.73. The van der Waals surface area contributed by atoms with Crippen LogP contribution in [-0.4, -0.2) is 34.5 Å². The van der Waals surface area contributed by atoms with Crippen molar-refractivity contribution >= 4 is 23.4 Å². The van der Waals surface area contributed by atoms with Crippen molar-refractivity contribution in [3.63, 3.8) is 0 Å². The summed E-state index contributed by atoms with van der Waals surface area (Å²) in [4.78, 5) is 30.4. The van der Waals surface area contributed by atoms with Crippen molar-refractivity contribution in [2.75, 3.05) is 18.5 Å². The van der Waals surface area contributed by atoms with Gasteiger partial charge in [0.1, 0.15) is 29.5 Å². The second kappa shape index (κ2) is 8.95. The predicted octanol–water partition coefficient (Wildman–Crippen LogP) is 5.41. The molecule has 1 N–H and O–H groups in total. The molecule has 4 bridgehead atoms. The highest BCUT2D eigenvalue weighted by Crippen LogP contribution is 2.60. The summed E-state index contributed by atoms with van der Waals surface area (Å²) in [6, 6.07) is 11.5. The molecule has 4 aliphatic carbocycles. The number of nitrogens with zero attached hydrogens (tertiary/aromatic N) is 2. The highest BCUT2D eigenvalue weighted by Gasteiger charge is 2.55. The Morgan fingerprint density at radius 3 is 2.50 bits per heavy atom. The van der Waals surface area contributed by atoms with E-state index in [2.05, 4.69) is 5.32 Å². The molecule has 0 amide bonds. The number of fused-ring (bicyclic) bond motifs is 1. The van der Waals surface area contributed by atoms with Gasteiger partial charge in [-0.2, -0.15) is 0 Å². The largest absolute Gasteiger partial charge is 0.465 e. The summed E-state index contributed by atoms with van der Waals surface area (Å²) < 4.78 is 13.1. The molecule has 188 valence electrons. The zero-order valence-corrected chi connectivity index (χ0v) is 21.0. The number of ether oxygens (including phenoxy) is 2. The van der Waals surface area contributed by atoms with Crippen molar-refractivity contribution in [3.8, 4) is 17.0 Å². The minimum Gasteiger partial charge on any atom is -0.465 e. The molecule has 0 spiro atoms. The fourth-order valence-corrected chi connectivity index (χ4v) is 7.17. The van der Waals surface area contributed by atoms with E-state index in [1.165, 1.54) is 19.3 Å². The molecule has 0 unspecified atom stereocenters. The molecule has 0 saturated heterocycles. The molecular weight excluding hydrogens is 454 g/mol. The first-order valence-electron chi connectivity index (χ1n) is 13.1. The number of hydrogen-bond donors (Lipinski definition) is 1. The maximum absolute atomic E-state index is 13.5. The zero-order chi connectivity index (χ0) is 24.9. The van der Waals surface area contributed by atoms with Gasteiger partial charge in [-0.25, -0.2) is 4.98 Å². The van der Waals surface area contributed by atoms with Gasteiger partial charge in [-0.15, -0.1) is 0 Å². The molecule has 4 aliphatic rings. The smallest absolute Gasteiger partial charge is 0.325 e. The minimum atomic E-state index is -0.329. The number of carbonyl (C=O) groups excluding carboxylic acids is 2. The van der Waals surface area contributed by atoms with Crippen LogP contribution in [-0.2, 0) is 14.3 Å². The molecular formula is C29H33N3O4. The number of carbonyl (C=O) groups is 2. The summed E-state index contributed by atoms with van der Waals surface area (Å²) in [5, 5.41) is 3.21. The Bertz CT molecular complexity index is 1290. The standard InChI is InChI=1S/C29H33N3O4/c1-3-35-25(33)16-30-27-26(31-24-8-7-18(2)17-32(24)27)22-5-4-6-23(12-22)36-28(34)29-13-19-9-20(14-29)11-21(10-19)15-29/h4-8,12,17,19-21,30H,3,9-11,13-16H2,1-2H3. The van der Waals surface area contributed by atoms with Crippen molar-refractivity contribution < 1.29 is 19.1 Å². The third kappa shape index (κ3) is 4.14. The summed E-state index contributed by atoms with van der Waals surface area (Å²) in [7, 11) is 0. The third-order valence-corrected chi connectivity index (χ3v) is 8.26. The Labute approximate surface area is 211 Å². The first-order chi connectivity index (χ1) is 17.4. The molecule has 4 saturated carbocycles. The van der Waals surface area contributed by atoms with Gasteiger partial charge in [0.05, 0.1) is 12.0 Å². The second-order valence-corrected chi connectivity index (χ2v) is 11.0. The fourth-order valence-electron chi connectivity index (χ4n) is 7.17. The number of aryl methyl sites for hydroxylation is 1. The summed E-state index contributed by atoms with van der Waals surface area (Å²) >= 11 is 0. The van der Waals surface area contributed by atoms with Crippen LogP contribution in [0.4, 0.5) is 5.82 Å². The van der Waals surface area contributed by atoms with Crippen LogP contribution < -0.4 is 10.1 Å². The number of nitrogens with one attached hydrogen (secondary N) is 1. The fraction of sp³-hybridized carbons (Fsp3) is 0.483. The molecule has 7 nitrogen and oxygen atoms in total. The maximum atomic E-state index is 13.5. The van der Waals surface area contributed by atoms with E-state index in [1.807, 2.05) is 53.9 Å². The van der Waals surface area contributed by atoms with E-state index in [0.717, 1.165) is 36.0 Å². The first-order valence-corrected chi connectivity index (χ1v) is 13.1. The van der Waals surface area contributed by atoms with Crippen molar-refractivity contribution in [1.29, 1.82) is 0 Å². The molecule has 1 aromatic carbocycles. The molecule has 2 heterocycles. The van der Waals surface area contributed by atoms with Crippen LogP contribution in [0, 0.1) is 30.1 Å². The van der Waals surface area contributed by atoms with Gasteiger partial charge in [0.25, 0.3) is 0 Å². The zero-order valence-electron chi connectivity index (χ0n) is 21.0. The highest BCUT2D eigenvalue weighted by atomic mass is 16.5. The SMILES string of the molecule is CCOC(=O)CNc1c(-c2cccc(OC(=O)C34CC5CC(CC(C5)C3)C4)c2)nc2ccc(C)cn12. The number of hydrogen-bond acceptors (Lipinski definition) is 6. The molecule has 0 aliphatic heterocycles. The Balaban J connectivity index is 1.29. The summed E-state index contributed by atoms with van der Waals surface area (Å²) in [6.07, 6.45) is 8.78. The van der Waals surface area contributed by atoms with Gasteiger partial charge in [0.15, 0.2) is 0 Å². The van der Waals surface area contributed by atoms with Gasteiger partial charge in [-0.05, 0) is 93.9 Å². The summed E-state index contributed by atoms with van der Waals surface area (Å²) in [6.45, 7) is 4.16. The van der Waals surface area contributed by atoms with Gasteiger partial charge in [-0.3, -0.25) is 14.0 Å². The monoisotopic (exact) mass is 487 g/mol. The molecule has 7 heteroatoms. The van der Waals surface area contributed by atoms with Crippen LogP contribution in [0.5, 0.6) is 5.75 Å². The van der Waals surface area contributed by atoms with Crippen LogP contribution in [0.1, 0.15) is 51.0 Å². The Morgan fingerprint density at radius 2 is 1.81 bits per heavy atom. The van der Waals surface area contributed by atoms with Gasteiger partial charge < -0.3 is 14.8 Å². The van der Waals surface area contributed by atoms with E-state index in [9.17, 15) is 9.59 Å². The van der Waals surface area contributed by atoms with E-state index < -0.39 is 0 Å². The topological polar surface area (TPSA) is 81.9 Å². The number of benzene rings is 1. The summed E-state index contributed by atoms with van der Waals surface area (Å²) in [5.74, 6) is 2.90. The quantitative estimate of drug-likeness (QED) is 0.355. The number of esters is 2. The lowest BCUT2D eigenvalue weighted by Crippen LogP contribution is -2.51. The lowest BCUT2D eigenvalue weighted by atomic mass is 9.49. The molecule has 7 rings (SSSR count). The minimum absolute atomic E-state index is 0.0310. The number of aromatic nitrogens is 2. The molecule has 2 aromatic heterocycles. The normalized spacial score (nSPS) is 26.2. The molecule has 0 radical (unpaired) electrons. The average molecular weight is 488 g/mol. The van der Waals surface area contributed by atoms with Gasteiger partial charge in [-0.1, -0.05) is 18.2 Å². The van der Waals surface area contributed by atoms with E-state index >= 15 is 0 Å². The molecule has 4 fully saturated rings. The van der Waals surface area contributed by atoms with Gasteiger partial charge >= 0.3 is 11.9 Å². The first kappa shape index (κ1) is 23.1. The van der Waals surface area contributed by atoms with E-state index in [4.69, 9.17) is 14.5 Å². The van der Waals surface area contributed by atoms with Crippen LogP contribution >= 0.6 is 0 Å². The van der Waals surface area contributed by atoms with Crippen molar-refractivity contribution in [2.24, 2.45) is 23.2 Å². The van der Waals surface area contributed by atoms with Crippen LogP contribution in [0.25, 0.3) is 16.9 Å². The van der Waals surface area contributed by atoms with Gasteiger partial charge in [0, 0.05) is 11.8 Å². The van der Waals surface area contributed by atoms with Crippen molar-refractivity contribution in [2.45, 2.75) is 52.4 Å². The van der Waals surface area contributed by atoms with Crippen LogP contribution in [0.15, 0.2) is 42.6 Å². The maximum Gasteiger partial charge on any atom is 0.325 e. The predicted molar refractivity (Wildman–Crippen MR) is 137 cm³/mol. The average Bonchev–Trinajstić information content (AvgIpc) is 3.20. The summed E-state index contributed by atoms with van der Waals surface area (Å²) in [5.41, 5.74) is 3.04. The van der Waals surface area contributed by atoms with Crippen molar-refractivity contribution in [1.82, 2.24) is 9.38 Å². The lowest BCUT2D eigenvalue weighted by Gasteiger charge is -2.55. The highest BCUT2D eigenvalue weighted by molar-refractivity contribution is 5.83. The van der Waals surface area contributed by atoms with Crippen molar-refractivity contribution in [3.05, 3.63) is 48.2 Å². The van der Waals surface area contributed by atoms with E-state index in [-0.39, 0.29) is 23.9 Å². The number of pyridine rings is 1. The third-order valence-electron chi connectivity index (χ3n) is 8.26. The molecule has 3 aromatic rings. The Morgan fingerprint density at radius 1 is 1.08 bits per heavy atom.